The van der Waals surface area contributed by atoms with E-state index in [1.165, 1.54) is 26.0 Å². The molecule has 0 spiro atoms. The highest BCUT2D eigenvalue weighted by atomic mass is 16.6. The molecule has 2 aromatic carbocycles. The maximum absolute atomic E-state index is 15.3. The Morgan fingerprint density at radius 2 is 1.53 bits per heavy atom. The predicted molar refractivity (Wildman–Crippen MR) is 183 cm³/mol. The van der Waals surface area contributed by atoms with Gasteiger partial charge in [0.2, 0.25) is 0 Å². The number of carbonyl (C=O) groups is 5. The van der Waals surface area contributed by atoms with Gasteiger partial charge >= 0.3 is 23.9 Å². The highest BCUT2D eigenvalue weighted by Gasteiger charge is 2.78. The number of rotatable bonds is 7. The third-order valence-electron chi connectivity index (χ3n) is 12.3. The van der Waals surface area contributed by atoms with Gasteiger partial charge in [-0.2, -0.15) is 0 Å². The Morgan fingerprint density at radius 3 is 2.11 bits per heavy atom. The molecule has 2 saturated carbocycles. The van der Waals surface area contributed by atoms with E-state index in [1.54, 1.807) is 39.0 Å². The summed E-state index contributed by atoms with van der Waals surface area (Å²) >= 11 is 0. The molecule has 5 aliphatic rings. The molecule has 2 aliphatic heterocycles. The number of aliphatic hydroxyl groups is 2. The second-order valence-corrected chi connectivity index (χ2v) is 15.6. The summed E-state index contributed by atoms with van der Waals surface area (Å²) in [6.45, 7) is 8.40. The third kappa shape index (κ3) is 5.62. The normalized spacial score (nSPS) is 38.1. The van der Waals surface area contributed by atoms with Crippen LogP contribution < -0.4 is 0 Å². The first-order valence-corrected chi connectivity index (χ1v) is 17.8. The van der Waals surface area contributed by atoms with Crippen molar-refractivity contribution in [2.45, 2.75) is 108 Å². The van der Waals surface area contributed by atoms with Gasteiger partial charge in [0.25, 0.3) is 0 Å². The van der Waals surface area contributed by atoms with Gasteiger partial charge in [0, 0.05) is 32.1 Å². The smallest absolute Gasteiger partial charge is 0.339 e. The van der Waals surface area contributed by atoms with Crippen LogP contribution in [0.25, 0.3) is 0 Å². The number of fused-ring (bicyclic) bond motifs is 5. The van der Waals surface area contributed by atoms with E-state index >= 15 is 4.79 Å². The summed E-state index contributed by atoms with van der Waals surface area (Å²) in [6.07, 6.45) is -9.06. The Kier molecular flexibility index (Phi) is 8.96. The molecule has 0 amide bonds. The lowest BCUT2D eigenvalue weighted by Crippen LogP contribution is -2.82. The number of hydrogen-bond acceptors (Lipinski definition) is 13. The van der Waals surface area contributed by atoms with Crippen LogP contribution in [0.2, 0.25) is 0 Å². The first kappa shape index (κ1) is 36.9. The van der Waals surface area contributed by atoms with Gasteiger partial charge in [-0.25, -0.2) is 9.59 Å². The molecular weight excluding hydrogens is 688 g/mol. The van der Waals surface area contributed by atoms with Gasteiger partial charge in [0.1, 0.15) is 30.0 Å². The summed E-state index contributed by atoms with van der Waals surface area (Å²) in [5.41, 5.74) is -6.03. The van der Waals surface area contributed by atoms with E-state index < -0.39 is 100 Å². The molecule has 0 radical (unpaired) electrons. The molecule has 2 heterocycles. The summed E-state index contributed by atoms with van der Waals surface area (Å²) in [4.78, 5) is 68.8. The van der Waals surface area contributed by atoms with Crippen molar-refractivity contribution in [1.82, 2.24) is 0 Å². The predicted octanol–water partition coefficient (Wildman–Crippen LogP) is 3.34. The van der Waals surface area contributed by atoms with Crippen molar-refractivity contribution in [3.8, 4) is 0 Å². The SMILES string of the molecule is CC(=O)O[C@H]1C(=O)[C@@]2(C)C([C@H](OC(=O)c3ccccc3)[C@]3(O)CC(OC(=O)[C@@H]4O[C@@H]4c4ccccc4)C(C)=C1C3(C)C)[C@]1(OC(C)=O)CO[C@@H]1C[C@@H]2O. The maximum atomic E-state index is 15.3. The van der Waals surface area contributed by atoms with Crippen LogP contribution in [-0.4, -0.2) is 94.3 Å². The maximum Gasteiger partial charge on any atom is 0.339 e. The van der Waals surface area contributed by atoms with Gasteiger partial charge in [0.05, 0.1) is 29.6 Å². The lowest BCUT2D eigenvalue weighted by Gasteiger charge is -2.67. The lowest BCUT2D eigenvalue weighted by molar-refractivity contribution is -0.346. The Balaban J connectivity index is 1.42. The molecule has 282 valence electrons. The fraction of sp³-hybridized carbons (Fsp3) is 0.525. The van der Waals surface area contributed by atoms with Crippen LogP contribution in [0.3, 0.4) is 0 Å². The van der Waals surface area contributed by atoms with Crippen LogP contribution >= 0.6 is 0 Å². The number of Topliss-reactive ketones (excluding diaryl/α,β-unsaturated/α-hetero) is 1. The molecule has 13 nitrogen and oxygen atoms in total. The second kappa shape index (κ2) is 12.9. The minimum atomic E-state index is -2.23. The van der Waals surface area contributed by atoms with Gasteiger partial charge in [-0.05, 0) is 42.7 Å². The number of esters is 4. The van der Waals surface area contributed by atoms with Crippen LogP contribution in [0.4, 0.5) is 0 Å². The van der Waals surface area contributed by atoms with Crippen LogP contribution in [0.1, 0.15) is 76.4 Å². The van der Waals surface area contributed by atoms with Crippen LogP contribution in [0.5, 0.6) is 0 Å². The van der Waals surface area contributed by atoms with E-state index in [2.05, 4.69) is 0 Å². The standard InChI is InChI=1S/C40H44O13/c1-20-25(50-36(46)31-29(51-31)23-13-9-7-10-14-23)18-40(47)34(52-35(45)24-15-11-8-12-16-24)32-38(6,26(43)17-27-39(32,19-48-27)53-22(3)42)33(44)30(49-21(2)41)28(20)37(40,4)5/h7-16,25-27,29-32,34,43,47H,17-19H2,1-6H3/t25?,26-,27+,29+,30+,31+,32?,34-,38+,39-,40+/m0/s1. The number of ketones is 1. The van der Waals surface area contributed by atoms with Crippen molar-refractivity contribution >= 4 is 29.7 Å². The molecule has 13 heteroatoms. The Hall–Kier alpha value is -4.43. The number of ether oxygens (including phenoxy) is 6. The number of aliphatic hydroxyl groups excluding tert-OH is 1. The zero-order valence-corrected chi connectivity index (χ0v) is 30.4. The summed E-state index contributed by atoms with van der Waals surface area (Å²) in [6, 6.07) is 17.1. The second-order valence-electron chi connectivity index (χ2n) is 15.6. The van der Waals surface area contributed by atoms with Crippen LogP contribution in [0, 0.1) is 16.7 Å². The minimum absolute atomic E-state index is 0.127. The molecule has 7 rings (SSSR count). The quantitative estimate of drug-likeness (QED) is 0.183. The molecule has 2 saturated heterocycles. The number of epoxide rings is 1. The zero-order chi connectivity index (χ0) is 38.2. The first-order valence-electron chi connectivity index (χ1n) is 17.8. The summed E-state index contributed by atoms with van der Waals surface area (Å²) in [5.74, 6) is -5.36. The summed E-state index contributed by atoms with van der Waals surface area (Å²) in [7, 11) is 0. The molecule has 53 heavy (non-hydrogen) atoms. The third-order valence-corrected chi connectivity index (χ3v) is 12.3. The van der Waals surface area contributed by atoms with E-state index in [-0.39, 0.29) is 30.6 Å². The molecule has 2 aromatic rings. The topological polar surface area (TPSA) is 184 Å². The zero-order valence-electron chi connectivity index (χ0n) is 30.4. The van der Waals surface area contributed by atoms with Gasteiger partial charge in [0.15, 0.2) is 23.6 Å². The Bertz CT molecular complexity index is 1870. The fourth-order valence-electron chi connectivity index (χ4n) is 9.41. The van der Waals surface area contributed by atoms with Crippen molar-refractivity contribution < 1.29 is 62.6 Å². The largest absolute Gasteiger partial charge is 0.456 e. The Labute approximate surface area is 306 Å². The first-order chi connectivity index (χ1) is 25.0. The Morgan fingerprint density at radius 1 is 0.887 bits per heavy atom. The monoisotopic (exact) mass is 732 g/mol. The molecule has 2 bridgehead atoms. The number of carbonyl (C=O) groups excluding carboxylic acids is 5. The molecule has 11 atom stereocenters. The average Bonchev–Trinajstić information content (AvgIpc) is 3.91. The number of hydrogen-bond donors (Lipinski definition) is 2. The van der Waals surface area contributed by atoms with Crippen molar-refractivity contribution in [3.63, 3.8) is 0 Å². The van der Waals surface area contributed by atoms with E-state index in [9.17, 15) is 29.4 Å². The van der Waals surface area contributed by atoms with Crippen LogP contribution in [0.15, 0.2) is 71.8 Å². The van der Waals surface area contributed by atoms with E-state index in [4.69, 9.17) is 28.4 Å². The van der Waals surface area contributed by atoms with Crippen molar-refractivity contribution in [3.05, 3.63) is 82.9 Å². The van der Waals surface area contributed by atoms with Crippen molar-refractivity contribution in [2.75, 3.05) is 6.61 Å². The average molecular weight is 733 g/mol. The lowest BCUT2D eigenvalue weighted by atomic mass is 9.44. The molecule has 2 unspecified atom stereocenters. The minimum Gasteiger partial charge on any atom is -0.456 e. The van der Waals surface area contributed by atoms with Crippen molar-refractivity contribution in [1.29, 1.82) is 0 Å². The molecule has 2 N–H and O–H groups in total. The molecule has 0 aromatic heterocycles. The molecular formula is C40H44O13. The summed E-state index contributed by atoms with van der Waals surface area (Å²) in [5, 5.41) is 25.4. The number of benzene rings is 2. The molecule has 3 aliphatic carbocycles. The molecule has 4 fully saturated rings. The van der Waals surface area contributed by atoms with Crippen LogP contribution in [-0.2, 0) is 47.6 Å². The summed E-state index contributed by atoms with van der Waals surface area (Å²) < 4.78 is 35.9. The highest BCUT2D eigenvalue weighted by Crippen LogP contribution is 2.64. The van der Waals surface area contributed by atoms with Gasteiger partial charge in [-0.1, -0.05) is 62.4 Å². The van der Waals surface area contributed by atoms with E-state index in [1.807, 2.05) is 30.3 Å². The fourth-order valence-corrected chi connectivity index (χ4v) is 9.41. The van der Waals surface area contributed by atoms with Gasteiger partial charge in [-0.15, -0.1) is 0 Å². The van der Waals surface area contributed by atoms with E-state index in [0.29, 0.717) is 5.57 Å². The highest BCUT2D eigenvalue weighted by molar-refractivity contribution is 5.95. The van der Waals surface area contributed by atoms with Crippen molar-refractivity contribution in [2.24, 2.45) is 16.7 Å². The van der Waals surface area contributed by atoms with Gasteiger partial charge < -0.3 is 38.6 Å². The van der Waals surface area contributed by atoms with Gasteiger partial charge in [-0.3, -0.25) is 14.4 Å². The van der Waals surface area contributed by atoms with E-state index in [0.717, 1.165) is 12.5 Å².